The van der Waals surface area contributed by atoms with Crippen LogP contribution in [0.2, 0.25) is 0 Å². The van der Waals surface area contributed by atoms with Crippen LogP contribution in [0.3, 0.4) is 0 Å². The largest absolute Gasteiger partial charge is 0.466 e. The van der Waals surface area contributed by atoms with Gasteiger partial charge in [0.2, 0.25) is 0 Å². The van der Waals surface area contributed by atoms with Crippen LogP contribution in [0.5, 0.6) is 0 Å². The fraction of sp³-hybridized carbons (Fsp3) is 0.875. The topological polar surface area (TPSA) is 55.8 Å². The van der Waals surface area contributed by atoms with Crippen molar-refractivity contribution in [1.82, 2.24) is 4.67 Å². The maximum Gasteiger partial charge on any atom is 0.302 e. The van der Waals surface area contributed by atoms with Crippen molar-refractivity contribution >= 4 is 20.0 Å². The zero-order valence-electron chi connectivity index (χ0n) is 14.6. The number of hydrogen-bond acceptors (Lipinski definition) is 5. The van der Waals surface area contributed by atoms with E-state index >= 15 is 0 Å². The molecule has 0 N–H and O–H groups in total. The van der Waals surface area contributed by atoms with Gasteiger partial charge in [-0.15, -0.1) is 0 Å². The van der Waals surface area contributed by atoms with Gasteiger partial charge in [-0.3, -0.25) is 14.3 Å². The van der Waals surface area contributed by atoms with E-state index < -0.39 is 0 Å². The van der Waals surface area contributed by atoms with Crippen LogP contribution in [0.4, 0.5) is 0 Å². The van der Waals surface area contributed by atoms with Crippen molar-refractivity contribution in [2.45, 2.75) is 53.4 Å². The molecule has 0 aromatic heterocycles. The normalized spacial score (nSPS) is 11.0. The summed E-state index contributed by atoms with van der Waals surface area (Å²) in [6.45, 7) is 10.5. The number of hydrogen-bond donors (Lipinski definition) is 0. The summed E-state index contributed by atoms with van der Waals surface area (Å²) in [5, 5.41) is 0. The molecule has 0 saturated carbocycles. The van der Waals surface area contributed by atoms with Crippen LogP contribution in [0.1, 0.15) is 53.4 Å². The Labute approximate surface area is 136 Å². The van der Waals surface area contributed by atoms with Gasteiger partial charge in [-0.1, -0.05) is 13.8 Å². The van der Waals surface area contributed by atoms with Gasteiger partial charge in [-0.25, -0.2) is 0 Å². The molecule has 0 saturated heterocycles. The van der Waals surface area contributed by atoms with E-state index in [1.165, 1.54) is 26.2 Å². The Morgan fingerprint density at radius 3 is 1.55 bits per heavy atom. The number of ether oxygens (including phenoxy) is 2. The maximum absolute atomic E-state index is 10.7. The van der Waals surface area contributed by atoms with E-state index in [9.17, 15) is 9.59 Å². The SMILES string of the molecule is CCN(CC)P(CCCCOC(C)=O)CCCCOC(C)=O. The van der Waals surface area contributed by atoms with Crippen molar-refractivity contribution in [2.75, 3.05) is 38.6 Å². The highest BCUT2D eigenvalue weighted by atomic mass is 31.1. The molecule has 0 radical (unpaired) electrons. The summed E-state index contributed by atoms with van der Waals surface area (Å²) in [6, 6.07) is 0. The molecule has 0 amide bonds. The zero-order valence-corrected chi connectivity index (χ0v) is 15.5. The van der Waals surface area contributed by atoms with Crippen LogP contribution in [0.25, 0.3) is 0 Å². The molecule has 0 aliphatic carbocycles. The molecule has 0 aliphatic rings. The first-order valence-corrected chi connectivity index (χ1v) is 9.94. The Morgan fingerprint density at radius 1 is 0.818 bits per heavy atom. The van der Waals surface area contributed by atoms with Crippen LogP contribution in [0, 0.1) is 0 Å². The molecule has 0 spiro atoms. The van der Waals surface area contributed by atoms with Crippen molar-refractivity contribution in [3.05, 3.63) is 0 Å². The minimum atomic E-state index is -0.198. The van der Waals surface area contributed by atoms with Crippen molar-refractivity contribution < 1.29 is 19.1 Å². The first-order chi connectivity index (χ1) is 10.5. The van der Waals surface area contributed by atoms with E-state index in [0.717, 1.165) is 38.8 Å². The quantitative estimate of drug-likeness (QED) is 0.294. The molecule has 22 heavy (non-hydrogen) atoms. The molecular formula is C16H32NO4P. The average Bonchev–Trinajstić information content (AvgIpc) is 2.46. The average molecular weight is 333 g/mol. The van der Waals surface area contributed by atoms with Gasteiger partial charge in [0.15, 0.2) is 0 Å². The van der Waals surface area contributed by atoms with Crippen molar-refractivity contribution in [1.29, 1.82) is 0 Å². The third kappa shape index (κ3) is 11.9. The molecule has 0 rings (SSSR count). The van der Waals surface area contributed by atoms with E-state index in [4.69, 9.17) is 9.47 Å². The molecular weight excluding hydrogens is 301 g/mol. The highest BCUT2D eigenvalue weighted by Gasteiger charge is 2.14. The third-order valence-electron chi connectivity index (χ3n) is 3.36. The van der Waals surface area contributed by atoms with Crippen LogP contribution >= 0.6 is 8.07 Å². The molecule has 0 fully saturated rings. The lowest BCUT2D eigenvalue weighted by molar-refractivity contribution is -0.142. The molecule has 5 nitrogen and oxygen atoms in total. The Kier molecular flexibility index (Phi) is 13.5. The molecule has 0 unspecified atom stereocenters. The molecule has 0 aromatic rings. The molecule has 0 aliphatic heterocycles. The monoisotopic (exact) mass is 333 g/mol. The molecule has 0 atom stereocenters. The van der Waals surface area contributed by atoms with Gasteiger partial charge >= 0.3 is 11.9 Å². The smallest absolute Gasteiger partial charge is 0.302 e. The Balaban J connectivity index is 3.99. The molecule has 130 valence electrons. The Morgan fingerprint density at radius 2 is 1.23 bits per heavy atom. The van der Waals surface area contributed by atoms with Crippen LogP contribution < -0.4 is 0 Å². The van der Waals surface area contributed by atoms with Crippen molar-refractivity contribution in [2.24, 2.45) is 0 Å². The number of carbonyl (C=O) groups is 2. The predicted molar refractivity (Wildman–Crippen MR) is 91.3 cm³/mol. The summed E-state index contributed by atoms with van der Waals surface area (Å²) in [5.41, 5.74) is 0. The lowest BCUT2D eigenvalue weighted by atomic mass is 10.3. The summed E-state index contributed by atoms with van der Waals surface area (Å²) in [6.07, 6.45) is 6.44. The molecule has 0 bridgehead atoms. The van der Waals surface area contributed by atoms with Crippen LogP contribution in [-0.4, -0.2) is 55.2 Å². The Hall–Kier alpha value is -0.670. The second kappa shape index (κ2) is 14.0. The highest BCUT2D eigenvalue weighted by molar-refractivity contribution is 7.55. The second-order valence-electron chi connectivity index (χ2n) is 5.19. The summed E-state index contributed by atoms with van der Waals surface area (Å²) >= 11 is 0. The van der Waals surface area contributed by atoms with E-state index in [0.29, 0.717) is 13.2 Å². The maximum atomic E-state index is 10.7. The lowest BCUT2D eigenvalue weighted by Crippen LogP contribution is -2.20. The van der Waals surface area contributed by atoms with Gasteiger partial charge in [0, 0.05) is 13.8 Å². The van der Waals surface area contributed by atoms with Gasteiger partial charge in [0.05, 0.1) is 13.2 Å². The lowest BCUT2D eigenvalue weighted by Gasteiger charge is -2.30. The molecule has 0 aromatic carbocycles. The Bertz CT molecular complexity index is 285. The zero-order chi connectivity index (χ0) is 16.8. The van der Waals surface area contributed by atoms with Gasteiger partial charge in [-0.05, 0) is 59.2 Å². The van der Waals surface area contributed by atoms with E-state index in [1.807, 2.05) is 0 Å². The third-order valence-corrected chi connectivity index (χ3v) is 6.39. The molecule has 0 heterocycles. The summed E-state index contributed by atoms with van der Waals surface area (Å²) in [4.78, 5) is 21.5. The van der Waals surface area contributed by atoms with Gasteiger partial charge < -0.3 is 9.47 Å². The van der Waals surface area contributed by atoms with E-state index in [-0.39, 0.29) is 20.0 Å². The standard InChI is InChI=1S/C16H32NO4P/c1-5-17(6-2)22(13-9-7-11-20-15(3)18)14-10-8-12-21-16(4)19/h5-14H2,1-4H3. The number of unbranched alkanes of at least 4 members (excludes halogenated alkanes) is 2. The summed E-state index contributed by atoms with van der Waals surface area (Å²) in [5.74, 6) is -0.395. The van der Waals surface area contributed by atoms with Gasteiger partial charge in [0.25, 0.3) is 0 Å². The number of nitrogens with zero attached hydrogens (tertiary/aromatic N) is 1. The van der Waals surface area contributed by atoms with E-state index in [1.54, 1.807) is 0 Å². The highest BCUT2D eigenvalue weighted by Crippen LogP contribution is 2.41. The second-order valence-corrected chi connectivity index (χ2v) is 7.66. The van der Waals surface area contributed by atoms with Gasteiger partial charge in [0.1, 0.15) is 0 Å². The fourth-order valence-electron chi connectivity index (χ4n) is 2.24. The first-order valence-electron chi connectivity index (χ1n) is 8.27. The van der Waals surface area contributed by atoms with Crippen LogP contribution in [0.15, 0.2) is 0 Å². The van der Waals surface area contributed by atoms with E-state index in [2.05, 4.69) is 18.5 Å². The summed E-state index contributed by atoms with van der Waals surface area (Å²) < 4.78 is 12.5. The van der Waals surface area contributed by atoms with Crippen LogP contribution in [-0.2, 0) is 19.1 Å². The first kappa shape index (κ1) is 21.3. The summed E-state index contributed by atoms with van der Waals surface area (Å²) in [7, 11) is -0.136. The van der Waals surface area contributed by atoms with Crippen molar-refractivity contribution in [3.63, 3.8) is 0 Å². The predicted octanol–water partition coefficient (Wildman–Crippen LogP) is 3.41. The fourth-order valence-corrected chi connectivity index (χ4v) is 5.01. The van der Waals surface area contributed by atoms with Gasteiger partial charge in [-0.2, -0.15) is 0 Å². The minimum Gasteiger partial charge on any atom is -0.466 e. The number of esters is 2. The number of carbonyl (C=O) groups excluding carboxylic acids is 2. The minimum absolute atomic E-state index is 0.136. The molecule has 6 heteroatoms. The van der Waals surface area contributed by atoms with Crippen molar-refractivity contribution in [3.8, 4) is 0 Å². The number of rotatable bonds is 13.